The summed E-state index contributed by atoms with van der Waals surface area (Å²) in [6.45, 7) is 2.43. The van der Waals surface area contributed by atoms with Gasteiger partial charge in [0, 0.05) is 11.6 Å². The van der Waals surface area contributed by atoms with Crippen molar-refractivity contribution in [1.29, 1.82) is 0 Å². The molecule has 1 N–H and O–H groups in total. The lowest BCUT2D eigenvalue weighted by Gasteiger charge is -2.09. The number of hydrogen-bond donors (Lipinski definition) is 1. The van der Waals surface area contributed by atoms with Gasteiger partial charge in [-0.1, -0.05) is 12.8 Å². The molecule has 0 spiro atoms. The van der Waals surface area contributed by atoms with Crippen molar-refractivity contribution in [2.45, 2.75) is 39.2 Å². The molecule has 1 aliphatic rings. The third-order valence-corrected chi connectivity index (χ3v) is 3.03. The van der Waals surface area contributed by atoms with Crippen LogP contribution in [0.2, 0.25) is 0 Å². The summed E-state index contributed by atoms with van der Waals surface area (Å²) in [4.78, 5) is 19.9. The van der Waals surface area contributed by atoms with E-state index in [1.807, 2.05) is 13.0 Å². The third kappa shape index (κ3) is 2.78. The van der Waals surface area contributed by atoms with E-state index < -0.39 is 0 Å². The van der Waals surface area contributed by atoms with Crippen LogP contribution < -0.4 is 5.32 Å². The summed E-state index contributed by atoms with van der Waals surface area (Å²) >= 11 is 0. The van der Waals surface area contributed by atoms with Gasteiger partial charge in [0.2, 0.25) is 5.91 Å². The van der Waals surface area contributed by atoms with Crippen molar-refractivity contribution in [2.75, 3.05) is 0 Å². The smallest absolute Gasteiger partial charge is 0.223 e. The zero-order valence-electron chi connectivity index (χ0n) is 9.57. The van der Waals surface area contributed by atoms with Gasteiger partial charge in [-0.15, -0.1) is 0 Å². The highest BCUT2D eigenvalue weighted by molar-refractivity contribution is 5.78. The van der Waals surface area contributed by atoms with E-state index in [-0.39, 0.29) is 11.8 Å². The van der Waals surface area contributed by atoms with Gasteiger partial charge in [0.15, 0.2) is 0 Å². The first kappa shape index (κ1) is 11.0. The van der Waals surface area contributed by atoms with Gasteiger partial charge in [-0.2, -0.15) is 0 Å². The molecule has 1 aliphatic carbocycles. The molecular weight excluding hydrogens is 202 g/mol. The molecular formula is C12H17N3O. The van der Waals surface area contributed by atoms with E-state index in [4.69, 9.17) is 0 Å². The normalized spacial score (nSPS) is 16.3. The molecule has 0 bridgehead atoms. The van der Waals surface area contributed by atoms with Crippen LogP contribution >= 0.6 is 0 Å². The van der Waals surface area contributed by atoms with Crippen LogP contribution in [0.25, 0.3) is 0 Å². The van der Waals surface area contributed by atoms with Gasteiger partial charge >= 0.3 is 0 Å². The molecule has 0 aromatic carbocycles. The minimum absolute atomic E-state index is 0.175. The minimum Gasteiger partial charge on any atom is -0.350 e. The van der Waals surface area contributed by atoms with Gasteiger partial charge in [0.05, 0.1) is 12.2 Å². The maximum atomic E-state index is 11.7. The monoisotopic (exact) mass is 219 g/mol. The first-order valence-electron chi connectivity index (χ1n) is 5.81. The number of nitrogens with zero attached hydrogens (tertiary/aromatic N) is 2. The molecule has 0 saturated heterocycles. The molecule has 4 nitrogen and oxygen atoms in total. The quantitative estimate of drug-likeness (QED) is 0.840. The summed E-state index contributed by atoms with van der Waals surface area (Å²) in [5.74, 6) is 0.400. The highest BCUT2D eigenvalue weighted by atomic mass is 16.1. The van der Waals surface area contributed by atoms with Crippen LogP contribution in [0.15, 0.2) is 12.4 Å². The molecule has 4 heteroatoms. The molecule has 1 saturated carbocycles. The summed E-state index contributed by atoms with van der Waals surface area (Å²) in [5.41, 5.74) is 1.80. The zero-order valence-corrected chi connectivity index (χ0v) is 9.57. The molecule has 1 aromatic rings. The zero-order chi connectivity index (χ0) is 11.4. The van der Waals surface area contributed by atoms with Gasteiger partial charge in [-0.3, -0.25) is 4.79 Å². The SMILES string of the molecule is Cc1cc(CNC(=O)C2CCCC2)ncn1. The molecule has 2 rings (SSSR count). The van der Waals surface area contributed by atoms with Crippen molar-refractivity contribution in [3.05, 3.63) is 23.8 Å². The number of hydrogen-bond acceptors (Lipinski definition) is 3. The molecule has 1 amide bonds. The second-order valence-electron chi connectivity index (χ2n) is 4.35. The number of aryl methyl sites for hydroxylation is 1. The lowest BCUT2D eigenvalue weighted by molar-refractivity contribution is -0.124. The van der Waals surface area contributed by atoms with Gasteiger partial charge in [-0.05, 0) is 25.8 Å². The maximum Gasteiger partial charge on any atom is 0.223 e. The van der Waals surface area contributed by atoms with Crippen molar-refractivity contribution in [1.82, 2.24) is 15.3 Å². The predicted octanol–water partition coefficient (Wildman–Crippen LogP) is 1.59. The van der Waals surface area contributed by atoms with E-state index >= 15 is 0 Å². The third-order valence-electron chi connectivity index (χ3n) is 3.03. The van der Waals surface area contributed by atoms with Crippen LogP contribution in [0, 0.1) is 12.8 Å². The van der Waals surface area contributed by atoms with Gasteiger partial charge in [0.1, 0.15) is 6.33 Å². The predicted molar refractivity (Wildman–Crippen MR) is 60.6 cm³/mol. The Morgan fingerprint density at radius 3 is 2.88 bits per heavy atom. The van der Waals surface area contributed by atoms with Crippen molar-refractivity contribution in [3.63, 3.8) is 0 Å². The largest absolute Gasteiger partial charge is 0.350 e. The Bertz CT molecular complexity index is 372. The van der Waals surface area contributed by atoms with E-state index in [1.165, 1.54) is 19.2 Å². The van der Waals surface area contributed by atoms with E-state index in [9.17, 15) is 4.79 Å². The van der Waals surface area contributed by atoms with Gasteiger partial charge < -0.3 is 5.32 Å². The highest BCUT2D eigenvalue weighted by Crippen LogP contribution is 2.24. The average molecular weight is 219 g/mol. The molecule has 0 atom stereocenters. The van der Waals surface area contributed by atoms with E-state index in [1.54, 1.807) is 0 Å². The lowest BCUT2D eigenvalue weighted by Crippen LogP contribution is -2.29. The minimum atomic E-state index is 0.175. The fraction of sp³-hybridized carbons (Fsp3) is 0.583. The van der Waals surface area contributed by atoms with Crippen LogP contribution in [0.4, 0.5) is 0 Å². The summed E-state index contributed by atoms with van der Waals surface area (Å²) in [5, 5.41) is 2.94. The molecule has 0 radical (unpaired) electrons. The molecule has 0 aliphatic heterocycles. The summed E-state index contributed by atoms with van der Waals surface area (Å²) in [6, 6.07) is 1.90. The van der Waals surface area contributed by atoms with Crippen molar-refractivity contribution in [3.8, 4) is 0 Å². The van der Waals surface area contributed by atoms with Crippen LogP contribution in [0.3, 0.4) is 0 Å². The molecule has 86 valence electrons. The number of carbonyl (C=O) groups excluding carboxylic acids is 1. The summed E-state index contributed by atoms with van der Waals surface area (Å²) < 4.78 is 0. The van der Waals surface area contributed by atoms with Crippen LogP contribution in [-0.4, -0.2) is 15.9 Å². The van der Waals surface area contributed by atoms with E-state index in [0.29, 0.717) is 6.54 Å². The Hall–Kier alpha value is -1.45. The molecule has 1 aromatic heterocycles. The fourth-order valence-electron chi connectivity index (χ4n) is 2.12. The summed E-state index contributed by atoms with van der Waals surface area (Å²) in [7, 11) is 0. The maximum absolute atomic E-state index is 11.7. The first-order valence-corrected chi connectivity index (χ1v) is 5.81. The van der Waals surface area contributed by atoms with Gasteiger partial charge in [-0.25, -0.2) is 9.97 Å². The molecule has 0 unspecified atom stereocenters. The highest BCUT2D eigenvalue weighted by Gasteiger charge is 2.22. The number of nitrogens with one attached hydrogen (secondary N) is 1. The second kappa shape index (κ2) is 5.05. The molecule has 16 heavy (non-hydrogen) atoms. The lowest BCUT2D eigenvalue weighted by atomic mass is 10.1. The van der Waals surface area contributed by atoms with Crippen LogP contribution in [0.1, 0.15) is 37.1 Å². The van der Waals surface area contributed by atoms with E-state index in [2.05, 4.69) is 15.3 Å². The van der Waals surface area contributed by atoms with Crippen LogP contribution in [0.5, 0.6) is 0 Å². The Morgan fingerprint density at radius 1 is 1.44 bits per heavy atom. The standard InChI is InChI=1S/C12H17N3O/c1-9-6-11(15-8-14-9)7-13-12(16)10-4-2-3-5-10/h6,8,10H,2-5,7H2,1H3,(H,13,16). The number of carbonyl (C=O) groups is 1. The fourth-order valence-corrected chi connectivity index (χ4v) is 2.12. The Kier molecular flexibility index (Phi) is 3.49. The Labute approximate surface area is 95.5 Å². The number of amides is 1. The number of rotatable bonds is 3. The number of aromatic nitrogens is 2. The van der Waals surface area contributed by atoms with Crippen molar-refractivity contribution >= 4 is 5.91 Å². The molecule has 1 fully saturated rings. The first-order chi connectivity index (χ1) is 7.75. The average Bonchev–Trinajstić information content (AvgIpc) is 2.79. The van der Waals surface area contributed by atoms with Crippen molar-refractivity contribution < 1.29 is 4.79 Å². The van der Waals surface area contributed by atoms with Crippen LogP contribution in [-0.2, 0) is 11.3 Å². The van der Waals surface area contributed by atoms with E-state index in [0.717, 1.165) is 24.2 Å². The van der Waals surface area contributed by atoms with Crippen molar-refractivity contribution in [2.24, 2.45) is 5.92 Å². The summed E-state index contributed by atoms with van der Waals surface area (Å²) in [6.07, 6.45) is 5.98. The second-order valence-corrected chi connectivity index (χ2v) is 4.35. The Morgan fingerprint density at radius 2 is 2.19 bits per heavy atom. The topological polar surface area (TPSA) is 54.9 Å². The molecule has 1 heterocycles. The van der Waals surface area contributed by atoms with Gasteiger partial charge in [0.25, 0.3) is 0 Å². The Balaban J connectivity index is 1.84.